The van der Waals surface area contributed by atoms with Crippen LogP contribution in [0.3, 0.4) is 0 Å². The second-order valence-electron chi connectivity index (χ2n) is 8.24. The Morgan fingerprint density at radius 2 is 1.59 bits per heavy atom. The molecule has 144 valence electrons. The van der Waals surface area contributed by atoms with Gasteiger partial charge in [0.1, 0.15) is 0 Å². The van der Waals surface area contributed by atoms with Crippen LogP contribution >= 0.6 is 0 Å². The molecular formula is C22H28Cl2GeOZr. The zero-order chi connectivity index (χ0) is 18.2. The van der Waals surface area contributed by atoms with E-state index in [1.807, 2.05) is 0 Å². The van der Waals surface area contributed by atoms with Crippen molar-refractivity contribution >= 4 is 20.8 Å². The molecule has 2 aromatic rings. The van der Waals surface area contributed by atoms with Gasteiger partial charge >= 0.3 is 170 Å². The zero-order valence-corrected chi connectivity index (χ0v) is 23.3. The summed E-state index contributed by atoms with van der Waals surface area (Å²) in [6, 6.07) is 15.9. The number of hydrogen-bond donors (Lipinski definition) is 0. The summed E-state index contributed by atoms with van der Waals surface area (Å²) in [6.45, 7) is 9.09. The molecule has 1 nitrogen and oxygen atoms in total. The quantitative estimate of drug-likeness (QED) is 0.499. The molecule has 3 rings (SSSR count). The van der Waals surface area contributed by atoms with Crippen molar-refractivity contribution in [3.63, 3.8) is 0 Å². The second-order valence-corrected chi connectivity index (χ2v) is 18.1. The average Bonchev–Trinajstić information content (AvgIpc) is 2.87. The van der Waals surface area contributed by atoms with E-state index in [2.05, 4.69) is 87.7 Å². The SMILES string of the molecule is CC1=Cc2c(-c3ccc(C(C)(C)C)cc3)cccc2[CH]1[Zr+2][O][GeH]([CH3])[CH3].[Cl-].[Cl-]. The molecule has 27 heavy (non-hydrogen) atoms. The van der Waals surface area contributed by atoms with Crippen molar-refractivity contribution < 1.29 is 50.3 Å². The summed E-state index contributed by atoms with van der Waals surface area (Å²) in [5.41, 5.74) is 8.71. The molecule has 2 aromatic carbocycles. The number of fused-ring (bicyclic) bond motifs is 1. The fraction of sp³-hybridized carbons (Fsp3) is 0.364. The van der Waals surface area contributed by atoms with Crippen LogP contribution in [0.15, 0.2) is 48.0 Å². The van der Waals surface area contributed by atoms with Gasteiger partial charge in [0, 0.05) is 0 Å². The largest absolute Gasteiger partial charge is 1.00 e. The summed E-state index contributed by atoms with van der Waals surface area (Å²) in [5.74, 6) is 4.66. The van der Waals surface area contributed by atoms with Gasteiger partial charge in [0.2, 0.25) is 0 Å². The summed E-state index contributed by atoms with van der Waals surface area (Å²) in [6.07, 6.45) is 2.41. The third-order valence-electron chi connectivity index (χ3n) is 4.76. The van der Waals surface area contributed by atoms with Gasteiger partial charge in [-0.1, -0.05) is 0 Å². The molecule has 1 aliphatic rings. The van der Waals surface area contributed by atoms with E-state index in [1.165, 1.54) is 33.4 Å². The minimum atomic E-state index is -1.35. The summed E-state index contributed by atoms with van der Waals surface area (Å²) >= 11 is -2.18. The zero-order valence-electron chi connectivity index (χ0n) is 16.9. The van der Waals surface area contributed by atoms with Crippen molar-refractivity contribution in [1.82, 2.24) is 0 Å². The Bertz CT molecular complexity index is 795. The normalized spacial score (nSPS) is 15.4. The Hall–Kier alpha value is 0.146. The molecule has 1 unspecified atom stereocenters. The third kappa shape index (κ3) is 5.83. The first-order valence-electron chi connectivity index (χ1n) is 9.10. The summed E-state index contributed by atoms with van der Waals surface area (Å²) in [7, 11) is 0. The van der Waals surface area contributed by atoms with E-state index < -0.39 is 38.4 Å². The smallest absolute Gasteiger partial charge is 1.00 e. The number of hydrogen-bond acceptors (Lipinski definition) is 1. The molecule has 0 fully saturated rings. The van der Waals surface area contributed by atoms with Crippen LogP contribution in [0.4, 0.5) is 0 Å². The molecular weight excluding hydrogens is 515 g/mol. The molecule has 1 aliphatic carbocycles. The van der Waals surface area contributed by atoms with Gasteiger partial charge in [-0.2, -0.15) is 0 Å². The van der Waals surface area contributed by atoms with Crippen LogP contribution in [0, 0.1) is 0 Å². The Labute approximate surface area is 193 Å². The molecule has 0 N–H and O–H groups in total. The van der Waals surface area contributed by atoms with Crippen LogP contribution in [-0.4, -0.2) is 14.7 Å². The van der Waals surface area contributed by atoms with Gasteiger partial charge in [0.25, 0.3) is 0 Å². The van der Waals surface area contributed by atoms with Crippen LogP contribution in [0.5, 0.6) is 0 Å². The van der Waals surface area contributed by atoms with Crippen LogP contribution in [0.25, 0.3) is 17.2 Å². The van der Waals surface area contributed by atoms with Crippen molar-refractivity contribution in [3.05, 3.63) is 64.7 Å². The number of halogens is 2. The van der Waals surface area contributed by atoms with Crippen molar-refractivity contribution in [2.45, 2.75) is 48.2 Å². The molecule has 0 aliphatic heterocycles. The molecule has 0 amide bonds. The Morgan fingerprint density at radius 3 is 2.15 bits per heavy atom. The minimum Gasteiger partial charge on any atom is -1.00 e. The standard InChI is InChI=1S/C20H21.C2H7GeO.2ClH.Zr/c1-14-12-16-6-5-7-18(19(16)13-14)15-8-10-17(11-9-15)20(2,3)4;1-3(2)4;;;/h5-13H,1-4H3;3H,1-2H3;2*1H;/q;-1;;;+3/p-2. The topological polar surface area (TPSA) is 9.23 Å². The average molecular weight is 543 g/mol. The predicted octanol–water partition coefficient (Wildman–Crippen LogP) is 0.115. The monoisotopic (exact) mass is 542 g/mol. The van der Waals surface area contributed by atoms with E-state index >= 15 is 0 Å². The Kier molecular flexibility index (Phi) is 9.57. The second kappa shape index (κ2) is 10.3. The molecule has 0 saturated heterocycles. The van der Waals surface area contributed by atoms with Crippen molar-refractivity contribution in [3.8, 4) is 11.1 Å². The minimum absolute atomic E-state index is 0. The maximum atomic E-state index is 6.27. The molecule has 0 spiro atoms. The fourth-order valence-electron chi connectivity index (χ4n) is 3.31. The fourth-order valence-corrected chi connectivity index (χ4v) is 11.0. The molecule has 5 heteroatoms. The molecule has 0 bridgehead atoms. The number of benzene rings is 2. The van der Waals surface area contributed by atoms with E-state index in [0.29, 0.717) is 3.63 Å². The predicted molar refractivity (Wildman–Crippen MR) is 107 cm³/mol. The summed E-state index contributed by atoms with van der Waals surface area (Å²) < 4.78 is 6.87. The van der Waals surface area contributed by atoms with Crippen LogP contribution in [0.2, 0.25) is 11.5 Å². The maximum absolute atomic E-state index is 6.27. The summed E-state index contributed by atoms with van der Waals surface area (Å²) in [5, 5.41) is 0. The first kappa shape index (κ1) is 25.2. The van der Waals surface area contributed by atoms with Crippen molar-refractivity contribution in [2.24, 2.45) is 0 Å². The summed E-state index contributed by atoms with van der Waals surface area (Å²) in [4.78, 5) is 0. The van der Waals surface area contributed by atoms with Gasteiger partial charge in [-0.15, -0.1) is 0 Å². The van der Waals surface area contributed by atoms with Gasteiger partial charge in [0.05, 0.1) is 0 Å². The van der Waals surface area contributed by atoms with Crippen molar-refractivity contribution in [2.75, 3.05) is 0 Å². The van der Waals surface area contributed by atoms with Crippen LogP contribution in [0.1, 0.15) is 48.0 Å². The van der Waals surface area contributed by atoms with Gasteiger partial charge < -0.3 is 24.8 Å². The number of allylic oxidation sites excluding steroid dienone is 1. The van der Waals surface area contributed by atoms with E-state index in [0.717, 1.165) is 0 Å². The number of rotatable bonds is 4. The maximum Gasteiger partial charge on any atom is -1.00 e. The first-order valence-corrected chi connectivity index (χ1v) is 17.4. The van der Waals surface area contributed by atoms with Gasteiger partial charge in [0.15, 0.2) is 0 Å². The van der Waals surface area contributed by atoms with Gasteiger partial charge in [-0.3, -0.25) is 0 Å². The van der Waals surface area contributed by atoms with Crippen LogP contribution in [-0.2, 0) is 30.9 Å². The van der Waals surface area contributed by atoms with E-state index in [4.69, 9.17) is 1.84 Å². The Balaban J connectivity index is 0.00000182. The van der Waals surface area contributed by atoms with Gasteiger partial charge in [-0.05, 0) is 0 Å². The molecule has 0 heterocycles. The van der Waals surface area contributed by atoms with Crippen molar-refractivity contribution in [1.29, 1.82) is 0 Å². The van der Waals surface area contributed by atoms with E-state index in [-0.39, 0.29) is 30.2 Å². The molecule has 0 radical (unpaired) electrons. The first-order chi connectivity index (χ1) is 11.8. The molecule has 1 atom stereocenters. The molecule has 0 aromatic heterocycles. The molecule has 0 saturated carbocycles. The van der Waals surface area contributed by atoms with E-state index in [9.17, 15) is 0 Å². The Morgan fingerprint density at radius 1 is 0.963 bits per heavy atom. The third-order valence-corrected chi connectivity index (χ3v) is 16.3. The van der Waals surface area contributed by atoms with E-state index in [1.54, 1.807) is 0 Å². The van der Waals surface area contributed by atoms with Crippen LogP contribution < -0.4 is 24.8 Å². The van der Waals surface area contributed by atoms with Gasteiger partial charge in [-0.25, -0.2) is 0 Å².